The lowest BCUT2D eigenvalue weighted by Crippen LogP contribution is -2.62. The first-order chi connectivity index (χ1) is 11.9. The standard InChI is InChI=1S/C16H13Cl2N5O2/c1-8-6-22-12-13(20-15(22)19-8)21(2)16(25)23(14(12)24)7-9-10(17)4-3-5-11(9)18/h3-6,12H,7H2,1-2H3/p+1. The second-order valence-electron chi connectivity index (χ2n) is 6.01. The van der Waals surface area contributed by atoms with E-state index in [2.05, 4.69) is 9.98 Å². The van der Waals surface area contributed by atoms with Crippen molar-refractivity contribution < 1.29 is 14.2 Å². The van der Waals surface area contributed by atoms with Crippen LogP contribution in [0.3, 0.4) is 0 Å². The van der Waals surface area contributed by atoms with Gasteiger partial charge in [0.1, 0.15) is 11.9 Å². The minimum Gasteiger partial charge on any atom is -0.270 e. The summed E-state index contributed by atoms with van der Waals surface area (Å²) < 4.78 is 1.73. The Kier molecular flexibility index (Phi) is 3.59. The van der Waals surface area contributed by atoms with E-state index in [4.69, 9.17) is 23.2 Å². The van der Waals surface area contributed by atoms with Crippen LogP contribution in [0.5, 0.6) is 0 Å². The summed E-state index contributed by atoms with van der Waals surface area (Å²) in [6, 6.07) is 3.93. The van der Waals surface area contributed by atoms with Gasteiger partial charge in [0.15, 0.2) is 0 Å². The van der Waals surface area contributed by atoms with Gasteiger partial charge < -0.3 is 0 Å². The number of amidine groups is 1. The number of aliphatic imine (C=N–C) groups is 1. The molecule has 1 unspecified atom stereocenters. The van der Waals surface area contributed by atoms with E-state index in [1.165, 1.54) is 4.90 Å². The van der Waals surface area contributed by atoms with Crippen LogP contribution < -0.4 is 4.57 Å². The van der Waals surface area contributed by atoms with Crippen molar-refractivity contribution in [2.75, 3.05) is 7.05 Å². The molecule has 1 aromatic carbocycles. The highest BCUT2D eigenvalue weighted by Gasteiger charge is 2.52. The summed E-state index contributed by atoms with van der Waals surface area (Å²) in [4.78, 5) is 35.7. The lowest BCUT2D eigenvalue weighted by atomic mass is 10.1. The number of nitrogens with one attached hydrogen (secondary N) is 1. The zero-order valence-corrected chi connectivity index (χ0v) is 15.0. The van der Waals surface area contributed by atoms with Gasteiger partial charge in [-0.3, -0.25) is 14.6 Å². The molecule has 1 atom stereocenters. The average molecular weight is 379 g/mol. The number of imidazole rings is 1. The van der Waals surface area contributed by atoms with Gasteiger partial charge in [-0.15, -0.1) is 0 Å². The predicted octanol–water partition coefficient (Wildman–Crippen LogP) is 2.60. The second kappa shape index (κ2) is 5.57. The number of rotatable bonds is 2. The number of carbonyl (C=O) groups excluding carboxylic acids is 2. The zero-order chi connectivity index (χ0) is 17.9. The van der Waals surface area contributed by atoms with Crippen LogP contribution in [-0.2, 0) is 11.3 Å². The van der Waals surface area contributed by atoms with Gasteiger partial charge in [0.05, 0.1) is 6.54 Å². The van der Waals surface area contributed by atoms with Crippen molar-refractivity contribution in [2.24, 2.45) is 4.99 Å². The summed E-state index contributed by atoms with van der Waals surface area (Å²) in [5.74, 6) is 0.589. The van der Waals surface area contributed by atoms with Crippen molar-refractivity contribution in [3.8, 4) is 0 Å². The maximum atomic E-state index is 13.0. The molecule has 0 aliphatic carbocycles. The Hall–Kier alpha value is -2.38. The number of benzene rings is 1. The van der Waals surface area contributed by atoms with Gasteiger partial charge in [0.25, 0.3) is 5.91 Å². The third-order valence-electron chi connectivity index (χ3n) is 4.37. The number of aromatic nitrogens is 2. The largest absolute Gasteiger partial charge is 0.399 e. The molecule has 4 rings (SSSR count). The van der Waals surface area contributed by atoms with Gasteiger partial charge >= 0.3 is 12.0 Å². The molecule has 0 spiro atoms. The fourth-order valence-corrected chi connectivity index (χ4v) is 3.63. The average Bonchev–Trinajstić information content (AvgIpc) is 3.07. The van der Waals surface area contributed by atoms with Crippen molar-refractivity contribution in [1.82, 2.24) is 14.8 Å². The van der Waals surface area contributed by atoms with Crippen molar-refractivity contribution in [2.45, 2.75) is 19.5 Å². The number of halogens is 2. The first kappa shape index (κ1) is 16.1. The molecule has 25 heavy (non-hydrogen) atoms. The number of hydrogen-bond acceptors (Lipinski definition) is 3. The Morgan fingerprint density at radius 2 is 1.96 bits per heavy atom. The number of carbonyl (C=O) groups is 2. The van der Waals surface area contributed by atoms with E-state index in [1.54, 1.807) is 36.0 Å². The molecule has 9 heteroatoms. The molecule has 3 heterocycles. The molecule has 2 aromatic rings. The smallest absolute Gasteiger partial charge is 0.270 e. The van der Waals surface area contributed by atoms with Gasteiger partial charge in [0, 0.05) is 22.7 Å². The summed E-state index contributed by atoms with van der Waals surface area (Å²) in [5, 5.41) is 0.819. The molecule has 0 saturated carbocycles. The molecule has 1 N–H and O–H groups in total. The van der Waals surface area contributed by atoms with Crippen LogP contribution in [0, 0.1) is 6.92 Å². The Morgan fingerprint density at radius 1 is 1.28 bits per heavy atom. The molecule has 1 saturated heterocycles. The van der Waals surface area contributed by atoms with E-state index in [9.17, 15) is 9.59 Å². The number of fused-ring (bicyclic) bond motifs is 3. The lowest BCUT2D eigenvalue weighted by Gasteiger charge is -2.33. The summed E-state index contributed by atoms with van der Waals surface area (Å²) in [5.41, 5.74) is 1.42. The molecule has 2 aliphatic heterocycles. The van der Waals surface area contributed by atoms with E-state index < -0.39 is 12.1 Å². The maximum Gasteiger partial charge on any atom is 0.399 e. The molecule has 2 aliphatic rings. The molecular weight excluding hydrogens is 365 g/mol. The van der Waals surface area contributed by atoms with Crippen molar-refractivity contribution in [3.05, 3.63) is 45.7 Å². The number of aryl methyl sites for hydroxylation is 1. The summed E-state index contributed by atoms with van der Waals surface area (Å²) in [6.45, 7) is 1.88. The highest BCUT2D eigenvalue weighted by Crippen LogP contribution is 2.31. The number of urea groups is 1. The van der Waals surface area contributed by atoms with E-state index in [0.717, 1.165) is 10.6 Å². The van der Waals surface area contributed by atoms with Crippen molar-refractivity contribution in [1.29, 1.82) is 0 Å². The molecule has 0 radical (unpaired) electrons. The molecule has 0 bridgehead atoms. The van der Waals surface area contributed by atoms with E-state index in [-0.39, 0.29) is 12.5 Å². The van der Waals surface area contributed by atoms with Gasteiger partial charge in [-0.2, -0.15) is 0 Å². The zero-order valence-electron chi connectivity index (χ0n) is 13.5. The van der Waals surface area contributed by atoms with Gasteiger partial charge in [0.2, 0.25) is 11.9 Å². The lowest BCUT2D eigenvalue weighted by molar-refractivity contribution is -0.676. The quantitative estimate of drug-likeness (QED) is 0.815. The second-order valence-corrected chi connectivity index (χ2v) is 6.82. The van der Waals surface area contributed by atoms with Crippen LogP contribution in [0.4, 0.5) is 10.7 Å². The molecule has 1 aromatic heterocycles. The number of likely N-dealkylation sites (N-methyl/N-ethyl adjacent to an activating group) is 1. The van der Waals surface area contributed by atoms with Crippen LogP contribution >= 0.6 is 23.2 Å². The number of H-pyrrole nitrogens is 1. The number of amides is 3. The number of imide groups is 1. The maximum absolute atomic E-state index is 13.0. The van der Waals surface area contributed by atoms with E-state index in [0.29, 0.717) is 27.4 Å². The highest BCUT2D eigenvalue weighted by molar-refractivity contribution is 6.36. The van der Waals surface area contributed by atoms with Gasteiger partial charge in [-0.05, 0) is 19.1 Å². The monoisotopic (exact) mass is 378 g/mol. The summed E-state index contributed by atoms with van der Waals surface area (Å²) in [6.07, 6.45) is 1.80. The number of hydrogen-bond donors (Lipinski definition) is 1. The van der Waals surface area contributed by atoms with Crippen LogP contribution in [0.25, 0.3) is 0 Å². The fourth-order valence-electron chi connectivity index (χ4n) is 3.12. The van der Waals surface area contributed by atoms with Gasteiger partial charge in [-0.25, -0.2) is 14.3 Å². The van der Waals surface area contributed by atoms with Crippen LogP contribution in [0.1, 0.15) is 17.3 Å². The first-order valence-electron chi connectivity index (χ1n) is 7.59. The first-order valence-corrected chi connectivity index (χ1v) is 8.35. The Labute approximate surface area is 153 Å². The van der Waals surface area contributed by atoms with Crippen LogP contribution in [0.2, 0.25) is 10.0 Å². The minimum absolute atomic E-state index is 0.00356. The number of aromatic amines is 1. The Morgan fingerprint density at radius 3 is 2.64 bits per heavy atom. The summed E-state index contributed by atoms with van der Waals surface area (Å²) >= 11 is 12.4. The fraction of sp³-hybridized carbons (Fsp3) is 0.250. The molecule has 1 fully saturated rings. The normalized spacial score (nSPS) is 19.2. The van der Waals surface area contributed by atoms with Gasteiger partial charge in [-0.1, -0.05) is 34.3 Å². The van der Waals surface area contributed by atoms with E-state index >= 15 is 0 Å². The Bertz CT molecular complexity index is 932. The van der Waals surface area contributed by atoms with Crippen molar-refractivity contribution in [3.63, 3.8) is 0 Å². The van der Waals surface area contributed by atoms with Crippen LogP contribution in [-0.4, -0.2) is 39.6 Å². The number of nitrogens with zero attached hydrogens (tertiary/aromatic N) is 4. The molecule has 3 amide bonds. The topological polar surface area (TPSA) is 72.6 Å². The SMILES string of the molecule is Cc1c[n+]2c([nH]1)N=C1C2C(=O)N(Cc2c(Cl)cccc2Cl)C(=O)N1C. The summed E-state index contributed by atoms with van der Waals surface area (Å²) in [7, 11) is 1.60. The minimum atomic E-state index is -0.677. The predicted molar refractivity (Wildman–Crippen MR) is 92.0 cm³/mol. The van der Waals surface area contributed by atoms with Crippen LogP contribution in [0.15, 0.2) is 29.4 Å². The third-order valence-corrected chi connectivity index (χ3v) is 5.08. The highest BCUT2D eigenvalue weighted by atomic mass is 35.5. The molecular formula is C16H14Cl2N5O2+. The molecule has 128 valence electrons. The molecule has 7 nitrogen and oxygen atoms in total. The van der Waals surface area contributed by atoms with Crippen molar-refractivity contribution >= 4 is 46.9 Å². The van der Waals surface area contributed by atoms with E-state index in [1.807, 2.05) is 6.92 Å². The third kappa shape index (κ3) is 2.34. The Balaban J connectivity index is 1.75.